The number of aromatic nitrogens is 4. The molecule has 0 saturated heterocycles. The normalized spacial score (nSPS) is 14.3. The number of rotatable bonds is 7. The number of hydrogen-bond acceptors (Lipinski definition) is 6. The van der Waals surface area contributed by atoms with Gasteiger partial charge in [-0.25, -0.2) is 15.0 Å². The number of anilines is 3. The van der Waals surface area contributed by atoms with Crippen LogP contribution in [0.15, 0.2) is 42.6 Å². The molecule has 0 radical (unpaired) electrons. The summed E-state index contributed by atoms with van der Waals surface area (Å²) in [6, 6.07) is 7.69. The fourth-order valence-corrected chi connectivity index (χ4v) is 2.90. The van der Waals surface area contributed by atoms with Crippen LogP contribution in [0.5, 0.6) is 0 Å². The molecule has 0 amide bonds. The Labute approximate surface area is 180 Å². The summed E-state index contributed by atoms with van der Waals surface area (Å²) < 4.78 is 66.5. The number of halogens is 5. The predicted molar refractivity (Wildman–Crippen MR) is 109 cm³/mol. The zero-order valence-electron chi connectivity index (χ0n) is 16.9. The second kappa shape index (κ2) is 8.29. The second-order valence-electron chi connectivity index (χ2n) is 7.64. The molecule has 168 valence electrons. The maximum atomic E-state index is 13.6. The highest BCUT2D eigenvalue weighted by Gasteiger charge is 2.33. The molecule has 3 heterocycles. The maximum Gasteiger partial charge on any atom is 0.433 e. The first-order valence-electron chi connectivity index (χ1n) is 9.87. The molecule has 0 bridgehead atoms. The third-order valence-corrected chi connectivity index (χ3v) is 4.75. The molecule has 6 nitrogen and oxygen atoms in total. The minimum atomic E-state index is -4.61. The van der Waals surface area contributed by atoms with Gasteiger partial charge >= 0.3 is 6.18 Å². The standard InChI is InChI=1S/C21H19F5N6/c1-20(22,23)16-9-13(7-8-27-16)29-18-10-17(28-11-12-5-6-12)31-19(32-18)14-3-2-4-15(30-14)21(24,25)26/h2-4,7-10,12H,5-6,11H2,1H3,(H2,27,28,29,31,32). The van der Waals surface area contributed by atoms with Gasteiger partial charge in [-0.3, -0.25) is 4.98 Å². The van der Waals surface area contributed by atoms with Gasteiger partial charge in [0.05, 0.1) is 0 Å². The summed E-state index contributed by atoms with van der Waals surface area (Å²) in [4.78, 5) is 15.9. The van der Waals surface area contributed by atoms with E-state index < -0.39 is 23.5 Å². The Kier molecular flexibility index (Phi) is 5.66. The Morgan fingerprint density at radius 2 is 1.69 bits per heavy atom. The van der Waals surface area contributed by atoms with Crippen LogP contribution < -0.4 is 10.6 Å². The molecule has 0 unspecified atom stereocenters. The van der Waals surface area contributed by atoms with Crippen molar-refractivity contribution in [3.63, 3.8) is 0 Å². The summed E-state index contributed by atoms with van der Waals surface area (Å²) in [6.07, 6.45) is -1.19. The van der Waals surface area contributed by atoms with E-state index in [1.165, 1.54) is 30.5 Å². The van der Waals surface area contributed by atoms with Gasteiger partial charge in [0.1, 0.15) is 28.7 Å². The number of alkyl halides is 5. The van der Waals surface area contributed by atoms with Crippen molar-refractivity contribution in [2.45, 2.75) is 31.9 Å². The summed E-state index contributed by atoms with van der Waals surface area (Å²) in [5.74, 6) is -2.05. The van der Waals surface area contributed by atoms with Gasteiger partial charge in [-0.2, -0.15) is 22.0 Å². The summed E-state index contributed by atoms with van der Waals surface area (Å²) in [5, 5.41) is 6.05. The van der Waals surface area contributed by atoms with Crippen molar-refractivity contribution in [2.75, 3.05) is 17.2 Å². The van der Waals surface area contributed by atoms with Gasteiger partial charge in [-0.05, 0) is 43.0 Å². The van der Waals surface area contributed by atoms with E-state index in [1.54, 1.807) is 6.07 Å². The van der Waals surface area contributed by atoms with Crippen LogP contribution in [0.3, 0.4) is 0 Å². The van der Waals surface area contributed by atoms with Gasteiger partial charge in [-0.15, -0.1) is 0 Å². The minimum absolute atomic E-state index is 0.0329. The Bertz CT molecular complexity index is 1110. The average Bonchev–Trinajstić information content (AvgIpc) is 3.56. The molecule has 1 aliphatic rings. The fraction of sp³-hybridized carbons (Fsp3) is 0.333. The molecular formula is C21H19F5N6. The molecule has 0 aromatic carbocycles. The molecule has 2 N–H and O–H groups in total. The minimum Gasteiger partial charge on any atom is -0.370 e. The quantitative estimate of drug-likeness (QED) is 0.455. The zero-order chi connectivity index (χ0) is 22.9. The molecule has 1 fully saturated rings. The zero-order valence-corrected chi connectivity index (χ0v) is 16.9. The Hall–Kier alpha value is -3.37. The van der Waals surface area contributed by atoms with Crippen LogP contribution in [0.2, 0.25) is 0 Å². The van der Waals surface area contributed by atoms with Crippen LogP contribution in [0.25, 0.3) is 11.5 Å². The molecule has 4 rings (SSSR count). The molecule has 3 aromatic heterocycles. The largest absolute Gasteiger partial charge is 0.433 e. The van der Waals surface area contributed by atoms with E-state index in [0.717, 1.165) is 25.8 Å². The second-order valence-corrected chi connectivity index (χ2v) is 7.64. The Balaban J connectivity index is 1.68. The van der Waals surface area contributed by atoms with Crippen LogP contribution in [0.4, 0.5) is 39.3 Å². The molecular weight excluding hydrogens is 431 g/mol. The van der Waals surface area contributed by atoms with Crippen molar-refractivity contribution < 1.29 is 22.0 Å². The lowest BCUT2D eigenvalue weighted by Crippen LogP contribution is -2.11. The number of hydrogen-bond donors (Lipinski definition) is 2. The highest BCUT2D eigenvalue weighted by Crippen LogP contribution is 2.32. The van der Waals surface area contributed by atoms with E-state index in [4.69, 9.17) is 0 Å². The van der Waals surface area contributed by atoms with E-state index in [-0.39, 0.29) is 17.3 Å². The van der Waals surface area contributed by atoms with Gasteiger partial charge in [0.2, 0.25) is 0 Å². The van der Waals surface area contributed by atoms with Crippen LogP contribution >= 0.6 is 0 Å². The summed E-state index contributed by atoms with van der Waals surface area (Å²) >= 11 is 0. The van der Waals surface area contributed by atoms with Crippen LogP contribution in [0.1, 0.15) is 31.2 Å². The van der Waals surface area contributed by atoms with Gasteiger partial charge in [0.25, 0.3) is 5.92 Å². The third-order valence-electron chi connectivity index (χ3n) is 4.75. The highest BCUT2D eigenvalue weighted by molar-refractivity contribution is 5.63. The lowest BCUT2D eigenvalue weighted by Gasteiger charge is -2.14. The first kappa shape index (κ1) is 21.8. The monoisotopic (exact) mass is 450 g/mol. The summed E-state index contributed by atoms with van der Waals surface area (Å²) in [7, 11) is 0. The molecule has 0 spiro atoms. The van der Waals surface area contributed by atoms with E-state index in [9.17, 15) is 22.0 Å². The lowest BCUT2D eigenvalue weighted by molar-refractivity contribution is -0.141. The molecule has 3 aromatic rings. The van der Waals surface area contributed by atoms with Crippen molar-refractivity contribution in [1.29, 1.82) is 0 Å². The van der Waals surface area contributed by atoms with Crippen LogP contribution in [-0.4, -0.2) is 26.5 Å². The van der Waals surface area contributed by atoms with E-state index in [0.29, 0.717) is 24.0 Å². The van der Waals surface area contributed by atoms with Crippen molar-refractivity contribution >= 4 is 17.3 Å². The fourth-order valence-electron chi connectivity index (χ4n) is 2.90. The van der Waals surface area contributed by atoms with Crippen molar-refractivity contribution in [1.82, 2.24) is 19.9 Å². The molecule has 0 aliphatic heterocycles. The molecule has 1 aliphatic carbocycles. The van der Waals surface area contributed by atoms with E-state index in [2.05, 4.69) is 30.6 Å². The SMILES string of the molecule is CC(F)(F)c1cc(Nc2cc(NCC3CC3)nc(-c3cccc(C(F)(F)F)n3)n2)ccn1. The summed E-state index contributed by atoms with van der Waals surface area (Å²) in [6.45, 7) is 1.40. The van der Waals surface area contributed by atoms with Crippen molar-refractivity contribution in [3.8, 4) is 11.5 Å². The number of nitrogens with zero attached hydrogens (tertiary/aromatic N) is 4. The maximum absolute atomic E-state index is 13.6. The number of pyridine rings is 2. The third kappa shape index (κ3) is 5.45. The topological polar surface area (TPSA) is 75.6 Å². The molecule has 1 saturated carbocycles. The smallest absolute Gasteiger partial charge is 0.370 e. The average molecular weight is 450 g/mol. The summed E-state index contributed by atoms with van der Waals surface area (Å²) in [5.41, 5.74) is -1.25. The van der Waals surface area contributed by atoms with Gasteiger partial charge in [0.15, 0.2) is 5.82 Å². The number of nitrogens with one attached hydrogen (secondary N) is 2. The Morgan fingerprint density at radius 3 is 2.38 bits per heavy atom. The lowest BCUT2D eigenvalue weighted by atomic mass is 10.2. The van der Waals surface area contributed by atoms with Crippen LogP contribution in [0, 0.1) is 5.92 Å². The first-order chi connectivity index (χ1) is 15.1. The van der Waals surface area contributed by atoms with E-state index >= 15 is 0 Å². The molecule has 11 heteroatoms. The molecule has 0 atom stereocenters. The van der Waals surface area contributed by atoms with E-state index in [1.807, 2.05) is 0 Å². The van der Waals surface area contributed by atoms with Gasteiger partial charge in [0, 0.05) is 31.4 Å². The van der Waals surface area contributed by atoms with Crippen molar-refractivity contribution in [2.24, 2.45) is 5.92 Å². The van der Waals surface area contributed by atoms with Crippen LogP contribution in [-0.2, 0) is 12.1 Å². The molecule has 32 heavy (non-hydrogen) atoms. The Morgan fingerprint density at radius 1 is 0.938 bits per heavy atom. The van der Waals surface area contributed by atoms with Crippen molar-refractivity contribution in [3.05, 3.63) is 54.0 Å². The first-order valence-corrected chi connectivity index (χ1v) is 9.87. The predicted octanol–water partition coefficient (Wildman–Crippen LogP) is 5.63. The highest BCUT2D eigenvalue weighted by atomic mass is 19.4. The van der Waals surface area contributed by atoms with Gasteiger partial charge < -0.3 is 10.6 Å². The van der Waals surface area contributed by atoms with Gasteiger partial charge in [-0.1, -0.05) is 6.07 Å².